The number of aryl methyl sites for hydroxylation is 1. The van der Waals surface area contributed by atoms with Crippen LogP contribution in [0.4, 0.5) is 4.39 Å². The van der Waals surface area contributed by atoms with Crippen molar-refractivity contribution in [3.05, 3.63) is 35.1 Å². The van der Waals surface area contributed by atoms with Crippen molar-refractivity contribution in [2.45, 2.75) is 26.4 Å². The lowest BCUT2D eigenvalue weighted by atomic mass is 10.1. The number of methoxy groups -OCH3 is 1. The number of hydrogen-bond acceptors (Lipinski definition) is 2. The number of rotatable bonds is 5. The highest BCUT2D eigenvalue weighted by Crippen LogP contribution is 2.09. The van der Waals surface area contributed by atoms with E-state index in [2.05, 4.69) is 12.2 Å². The molecule has 0 saturated carbocycles. The second-order valence-electron chi connectivity index (χ2n) is 3.81. The van der Waals surface area contributed by atoms with Crippen LogP contribution in [-0.4, -0.2) is 19.8 Å². The fourth-order valence-corrected chi connectivity index (χ4v) is 1.45. The van der Waals surface area contributed by atoms with Crippen molar-refractivity contribution in [2.24, 2.45) is 0 Å². The number of nitrogens with one attached hydrogen (secondary N) is 1. The first-order valence-corrected chi connectivity index (χ1v) is 5.11. The summed E-state index contributed by atoms with van der Waals surface area (Å²) in [5.41, 5.74) is 2.10. The van der Waals surface area contributed by atoms with E-state index in [1.54, 1.807) is 13.2 Å². The van der Waals surface area contributed by atoms with Crippen molar-refractivity contribution >= 4 is 0 Å². The quantitative estimate of drug-likeness (QED) is 0.806. The molecule has 3 heteroatoms. The summed E-state index contributed by atoms with van der Waals surface area (Å²) in [5.74, 6) is -0.179. The van der Waals surface area contributed by atoms with Gasteiger partial charge in [0.15, 0.2) is 0 Å². The summed E-state index contributed by atoms with van der Waals surface area (Å²) < 4.78 is 17.8. The molecule has 0 fully saturated rings. The molecule has 0 aliphatic heterocycles. The Labute approximate surface area is 90.4 Å². The molecular weight excluding hydrogens is 193 g/mol. The molecular formula is C12H18FNO. The van der Waals surface area contributed by atoms with E-state index >= 15 is 0 Å². The molecule has 2 nitrogen and oxygen atoms in total. The van der Waals surface area contributed by atoms with Crippen LogP contribution in [0.15, 0.2) is 18.2 Å². The van der Waals surface area contributed by atoms with Crippen LogP contribution in [0.25, 0.3) is 0 Å². The van der Waals surface area contributed by atoms with Gasteiger partial charge in [-0.05, 0) is 37.1 Å². The lowest BCUT2D eigenvalue weighted by Crippen LogP contribution is -2.29. The monoisotopic (exact) mass is 211 g/mol. The van der Waals surface area contributed by atoms with E-state index in [9.17, 15) is 4.39 Å². The standard InChI is InChI=1S/C12H18FNO/c1-9-6-12(13)5-4-11(9)7-14-10(2)8-15-3/h4-6,10,14H,7-8H2,1-3H3/t10-/m1/s1. The maximum atomic E-state index is 12.8. The second kappa shape index (κ2) is 5.83. The normalized spacial score (nSPS) is 12.8. The molecule has 0 radical (unpaired) electrons. The summed E-state index contributed by atoms with van der Waals surface area (Å²) in [6.45, 7) is 5.40. The van der Waals surface area contributed by atoms with Gasteiger partial charge in [-0.2, -0.15) is 0 Å². The van der Waals surface area contributed by atoms with Crippen molar-refractivity contribution in [3.8, 4) is 0 Å². The number of ether oxygens (including phenoxy) is 1. The second-order valence-corrected chi connectivity index (χ2v) is 3.81. The molecule has 84 valence electrons. The van der Waals surface area contributed by atoms with E-state index in [0.29, 0.717) is 12.6 Å². The van der Waals surface area contributed by atoms with Crippen molar-refractivity contribution in [1.82, 2.24) is 5.32 Å². The van der Waals surface area contributed by atoms with E-state index in [1.807, 2.05) is 13.0 Å². The molecule has 0 aliphatic carbocycles. The van der Waals surface area contributed by atoms with E-state index in [-0.39, 0.29) is 5.82 Å². The first kappa shape index (κ1) is 12.1. The largest absolute Gasteiger partial charge is 0.383 e. The van der Waals surface area contributed by atoms with Crippen molar-refractivity contribution in [3.63, 3.8) is 0 Å². The molecule has 1 atom stereocenters. The number of benzene rings is 1. The van der Waals surface area contributed by atoms with Crippen LogP contribution < -0.4 is 5.32 Å². The first-order chi connectivity index (χ1) is 7.13. The van der Waals surface area contributed by atoms with E-state index in [4.69, 9.17) is 4.74 Å². The molecule has 0 unspecified atom stereocenters. The summed E-state index contributed by atoms with van der Waals surface area (Å²) in [5, 5.41) is 3.31. The van der Waals surface area contributed by atoms with Crippen molar-refractivity contribution in [2.75, 3.05) is 13.7 Å². The Morgan fingerprint density at radius 2 is 2.20 bits per heavy atom. The molecule has 0 spiro atoms. The van der Waals surface area contributed by atoms with Gasteiger partial charge in [0, 0.05) is 19.7 Å². The number of halogens is 1. The SMILES string of the molecule is COC[C@@H](C)NCc1ccc(F)cc1C. The zero-order valence-corrected chi connectivity index (χ0v) is 9.51. The Morgan fingerprint density at radius 3 is 2.80 bits per heavy atom. The molecule has 0 amide bonds. The third-order valence-electron chi connectivity index (χ3n) is 2.36. The van der Waals surface area contributed by atoms with Gasteiger partial charge in [0.2, 0.25) is 0 Å². The maximum absolute atomic E-state index is 12.8. The van der Waals surface area contributed by atoms with Crippen LogP contribution >= 0.6 is 0 Å². The summed E-state index contributed by atoms with van der Waals surface area (Å²) in [4.78, 5) is 0. The minimum Gasteiger partial charge on any atom is -0.383 e. The van der Waals surface area contributed by atoms with Gasteiger partial charge in [-0.25, -0.2) is 4.39 Å². The zero-order valence-electron chi connectivity index (χ0n) is 9.51. The molecule has 0 bridgehead atoms. The molecule has 1 N–H and O–H groups in total. The Hall–Kier alpha value is -0.930. The highest BCUT2D eigenvalue weighted by molar-refractivity contribution is 5.26. The summed E-state index contributed by atoms with van der Waals surface area (Å²) in [6, 6.07) is 5.17. The maximum Gasteiger partial charge on any atom is 0.123 e. The van der Waals surface area contributed by atoms with E-state index < -0.39 is 0 Å². The Kier molecular flexibility index (Phi) is 4.72. The lowest BCUT2D eigenvalue weighted by Gasteiger charge is -2.13. The van der Waals surface area contributed by atoms with Crippen LogP contribution in [0.5, 0.6) is 0 Å². The van der Waals surface area contributed by atoms with Crippen LogP contribution in [0.2, 0.25) is 0 Å². The van der Waals surface area contributed by atoms with Gasteiger partial charge in [-0.1, -0.05) is 6.07 Å². The molecule has 0 aliphatic rings. The van der Waals surface area contributed by atoms with Crippen LogP contribution in [0.3, 0.4) is 0 Å². The summed E-state index contributed by atoms with van der Waals surface area (Å²) >= 11 is 0. The van der Waals surface area contributed by atoms with E-state index in [0.717, 1.165) is 17.7 Å². The van der Waals surface area contributed by atoms with Gasteiger partial charge in [0.25, 0.3) is 0 Å². The van der Waals surface area contributed by atoms with Gasteiger partial charge in [0.1, 0.15) is 5.82 Å². The van der Waals surface area contributed by atoms with Gasteiger partial charge in [0.05, 0.1) is 6.61 Å². The fourth-order valence-electron chi connectivity index (χ4n) is 1.45. The zero-order chi connectivity index (χ0) is 11.3. The van der Waals surface area contributed by atoms with Crippen LogP contribution in [0, 0.1) is 12.7 Å². The molecule has 1 aromatic carbocycles. The summed E-state index contributed by atoms with van der Waals surface area (Å²) in [6.07, 6.45) is 0. The van der Waals surface area contributed by atoms with Crippen LogP contribution in [-0.2, 0) is 11.3 Å². The van der Waals surface area contributed by atoms with Gasteiger partial charge in [-0.15, -0.1) is 0 Å². The van der Waals surface area contributed by atoms with Gasteiger partial charge < -0.3 is 10.1 Å². The highest BCUT2D eigenvalue weighted by Gasteiger charge is 2.03. The van der Waals surface area contributed by atoms with Crippen molar-refractivity contribution in [1.29, 1.82) is 0 Å². The average molecular weight is 211 g/mol. The minimum atomic E-state index is -0.179. The molecule has 1 rings (SSSR count). The summed E-state index contributed by atoms with van der Waals surface area (Å²) in [7, 11) is 1.68. The topological polar surface area (TPSA) is 21.3 Å². The molecule has 0 aromatic heterocycles. The van der Waals surface area contributed by atoms with Gasteiger partial charge in [-0.3, -0.25) is 0 Å². The highest BCUT2D eigenvalue weighted by atomic mass is 19.1. The Morgan fingerprint density at radius 1 is 1.47 bits per heavy atom. The average Bonchev–Trinajstić information content (AvgIpc) is 2.17. The third-order valence-corrected chi connectivity index (χ3v) is 2.36. The van der Waals surface area contributed by atoms with Crippen molar-refractivity contribution < 1.29 is 9.13 Å². The van der Waals surface area contributed by atoms with Crippen LogP contribution in [0.1, 0.15) is 18.1 Å². The lowest BCUT2D eigenvalue weighted by molar-refractivity contribution is 0.171. The Bertz CT molecular complexity index is 314. The number of hydrogen-bond donors (Lipinski definition) is 1. The first-order valence-electron chi connectivity index (χ1n) is 5.11. The predicted molar refractivity (Wildman–Crippen MR) is 59.3 cm³/mol. The minimum absolute atomic E-state index is 0.179. The molecule has 15 heavy (non-hydrogen) atoms. The third kappa shape index (κ3) is 3.98. The fraction of sp³-hybridized carbons (Fsp3) is 0.500. The van der Waals surface area contributed by atoms with Gasteiger partial charge >= 0.3 is 0 Å². The predicted octanol–water partition coefficient (Wildman–Crippen LogP) is 2.26. The molecule has 0 saturated heterocycles. The Balaban J connectivity index is 2.50. The smallest absolute Gasteiger partial charge is 0.123 e. The van der Waals surface area contributed by atoms with E-state index in [1.165, 1.54) is 6.07 Å². The molecule has 0 heterocycles. The molecule has 1 aromatic rings.